The largest absolute Gasteiger partial charge is 0.705 e. The Morgan fingerprint density at radius 1 is 0.636 bits per heavy atom. The first-order valence-corrected chi connectivity index (χ1v) is 22.0. The fraction of sp³-hybridized carbons (Fsp3) is 0.0208. The van der Waals surface area contributed by atoms with Crippen molar-refractivity contribution in [1.82, 2.24) is 9.97 Å². The van der Waals surface area contributed by atoms with Gasteiger partial charge in [-0.2, -0.15) is 6.20 Å². The van der Waals surface area contributed by atoms with E-state index in [1.165, 1.54) is 28.5 Å². The molecule has 2 heterocycles. The molecule has 55 heavy (non-hydrogen) atoms. The van der Waals surface area contributed by atoms with Crippen LogP contribution >= 0.6 is 19.4 Å². The molecule has 0 atom stereocenters. The summed E-state index contributed by atoms with van der Waals surface area (Å²) < 4.78 is 0. The molecule has 0 saturated heterocycles. The van der Waals surface area contributed by atoms with Crippen LogP contribution in [0.5, 0.6) is 0 Å². The van der Waals surface area contributed by atoms with Crippen LogP contribution in [0.3, 0.4) is 0 Å². The van der Waals surface area contributed by atoms with E-state index in [-0.39, 0.29) is 20.9 Å². The summed E-state index contributed by atoms with van der Waals surface area (Å²) in [5.41, 5.74) is 22.1. The summed E-state index contributed by atoms with van der Waals surface area (Å²) in [5, 5.41) is 11.0. The Hall–Kier alpha value is -5.71. The average Bonchev–Trinajstić information content (AvgIpc) is 3.25. The minimum Gasteiger partial charge on any atom is -0.705 e. The van der Waals surface area contributed by atoms with Crippen LogP contribution < -0.4 is 0 Å². The molecule has 0 saturated carbocycles. The fourth-order valence-corrected chi connectivity index (χ4v) is 6.70. The van der Waals surface area contributed by atoms with E-state index in [0.717, 1.165) is 56.7 Å². The van der Waals surface area contributed by atoms with E-state index >= 15 is 0 Å². The zero-order valence-corrected chi connectivity index (χ0v) is 33.0. The minimum absolute atomic E-state index is 0.180. The first-order chi connectivity index (χ1) is 27.1. The predicted molar refractivity (Wildman–Crippen MR) is 231 cm³/mol. The third kappa shape index (κ3) is 9.34. The number of hydrogen-bond donors (Lipinski definition) is 0. The van der Waals surface area contributed by atoms with Gasteiger partial charge in [0.05, 0.1) is 11.4 Å². The van der Waals surface area contributed by atoms with Gasteiger partial charge in [-0.15, -0.1) is 5.71 Å². The van der Waals surface area contributed by atoms with Gasteiger partial charge in [0.15, 0.2) is 0 Å². The van der Waals surface area contributed by atoms with E-state index < -0.39 is 0 Å². The molecule has 8 rings (SSSR count). The van der Waals surface area contributed by atoms with Crippen LogP contribution in [0.4, 0.5) is 0 Å². The predicted octanol–water partition coefficient (Wildman–Crippen LogP) is 13.5. The summed E-state index contributed by atoms with van der Waals surface area (Å²) in [5.74, 6) is 0. The molecule has 0 amide bonds. The molecule has 0 fully saturated rings. The topological polar surface area (TPSA) is 71.9 Å². The molecular weight excluding hydrogens is 805 g/mol. The van der Waals surface area contributed by atoms with Gasteiger partial charge in [0.2, 0.25) is 0 Å². The second-order valence-corrected chi connectivity index (χ2v) is 15.0. The number of allylic oxidation sites excluding steroid dienone is 8. The number of nitrogens with zero attached hydrogens (tertiary/aromatic N) is 3. The molecule has 6 aromatic rings. The van der Waals surface area contributed by atoms with Crippen molar-refractivity contribution in [1.29, 1.82) is 0 Å². The van der Waals surface area contributed by atoms with Crippen molar-refractivity contribution in [3.8, 4) is 22.3 Å². The smallest absolute Gasteiger partial charge is 0.0526 e. The van der Waals surface area contributed by atoms with Gasteiger partial charge in [0, 0.05) is 29.9 Å². The molecule has 2 aliphatic rings. The second-order valence-electron chi connectivity index (χ2n) is 12.4. The van der Waals surface area contributed by atoms with Gasteiger partial charge in [-0.3, -0.25) is 9.97 Å². The summed E-state index contributed by atoms with van der Waals surface area (Å²) >= 11 is -0.346. The van der Waals surface area contributed by atoms with Crippen molar-refractivity contribution >= 4 is 48.4 Å². The van der Waals surface area contributed by atoms with E-state index in [9.17, 15) is 5.41 Å². The molecular formula is C48H36Cl2N4Ru. The maximum absolute atomic E-state index is 11.0. The zero-order valence-electron chi connectivity index (χ0n) is 29.8. The van der Waals surface area contributed by atoms with Gasteiger partial charge in [0.1, 0.15) is 0 Å². The number of benzene rings is 4. The Morgan fingerprint density at radius 2 is 1.13 bits per heavy atom. The van der Waals surface area contributed by atoms with Crippen molar-refractivity contribution in [3.63, 3.8) is 0 Å². The molecule has 0 unspecified atom stereocenters. The van der Waals surface area contributed by atoms with E-state index in [1.54, 1.807) is 12.3 Å². The maximum atomic E-state index is 11.0. The van der Waals surface area contributed by atoms with Gasteiger partial charge >= 0.3 is 34.5 Å². The van der Waals surface area contributed by atoms with Gasteiger partial charge in [-0.05, 0) is 67.8 Å². The van der Waals surface area contributed by atoms with Crippen LogP contribution in [0.15, 0.2) is 194 Å². The zero-order chi connectivity index (χ0) is 38.4. The van der Waals surface area contributed by atoms with E-state index in [1.807, 2.05) is 103 Å². The van der Waals surface area contributed by atoms with Crippen LogP contribution in [0, 0.1) is 0 Å². The molecule has 4 aromatic carbocycles. The van der Waals surface area contributed by atoms with Crippen molar-refractivity contribution in [2.24, 2.45) is 0 Å². The Bertz CT molecular complexity index is 2420. The van der Waals surface area contributed by atoms with Gasteiger partial charge in [0.25, 0.3) is 0 Å². The van der Waals surface area contributed by atoms with Crippen LogP contribution in [0.2, 0.25) is 0 Å². The van der Waals surface area contributed by atoms with Crippen molar-refractivity contribution in [2.75, 3.05) is 0 Å². The molecule has 0 aliphatic heterocycles. The van der Waals surface area contributed by atoms with Crippen LogP contribution in [-0.4, -0.2) is 15.7 Å². The van der Waals surface area contributed by atoms with E-state index in [2.05, 4.69) is 83.3 Å². The first kappa shape index (κ1) is 39.0. The third-order valence-corrected chi connectivity index (χ3v) is 9.20. The minimum atomic E-state index is -0.346. The Balaban J connectivity index is 0.000000175. The molecule has 2 aliphatic carbocycles. The Morgan fingerprint density at radius 3 is 1.67 bits per heavy atom. The molecule has 0 spiro atoms. The van der Waals surface area contributed by atoms with E-state index in [0.29, 0.717) is 5.69 Å². The summed E-state index contributed by atoms with van der Waals surface area (Å²) in [6.07, 6.45) is 17.7. The van der Waals surface area contributed by atoms with Crippen LogP contribution in [-0.2, 0) is 21.6 Å². The normalized spacial score (nSPS) is 14.4. The number of fused-ring (bicyclic) bond motifs is 2. The summed E-state index contributed by atoms with van der Waals surface area (Å²) in [6.45, 7) is 3.93. The van der Waals surface area contributed by atoms with Crippen LogP contribution in [0.25, 0.3) is 56.7 Å². The van der Waals surface area contributed by atoms with Crippen LogP contribution in [0.1, 0.15) is 33.6 Å². The third-order valence-electron chi connectivity index (χ3n) is 9.20. The second kappa shape index (κ2) is 19.6. The van der Waals surface area contributed by atoms with Gasteiger partial charge in [-0.1, -0.05) is 164 Å². The summed E-state index contributed by atoms with van der Waals surface area (Å²) in [4.78, 5) is 9.08. The van der Waals surface area contributed by atoms with E-state index in [4.69, 9.17) is 25.1 Å². The standard InChI is InChI=1S/C24H19N2.C24H17N2.2ClH.Ru/c25-15-13-21(18-7-3-1-4-8-18)20-11-12-23-22(14-16-26-24(23)17-20)19-9-5-2-6-10-19;1-2-19(17-9-5-3-6-10-17)21-13-14-22-20(18-11-7-4-8-12-18)15-16-26-24(22)23(21)25;;;/h1-16,25H,17H2;2-16H,1H2;2*1H;/q2*-1;;;+4/p-2/b15-13-,21-20+;21-19+;;;. The first-order valence-electron chi connectivity index (χ1n) is 17.5. The number of pyridine rings is 2. The molecule has 1 N–H and O–H groups in total. The number of nitrogens with one attached hydrogen (secondary N) is 1. The van der Waals surface area contributed by atoms with Gasteiger partial charge < -0.3 is 11.1 Å². The Kier molecular flexibility index (Phi) is 13.9. The van der Waals surface area contributed by atoms with Crippen molar-refractivity contribution < 1.29 is 15.1 Å². The van der Waals surface area contributed by atoms with Gasteiger partial charge in [-0.25, -0.2) is 0 Å². The monoisotopic (exact) mass is 840 g/mol. The maximum Gasteiger partial charge on any atom is 0.0526 e. The fourth-order valence-electron chi connectivity index (χ4n) is 6.70. The molecule has 4 nitrogen and oxygen atoms in total. The summed E-state index contributed by atoms with van der Waals surface area (Å²) in [6, 6.07) is 44.8. The van der Waals surface area contributed by atoms with Crippen molar-refractivity contribution in [2.45, 2.75) is 6.42 Å². The summed E-state index contributed by atoms with van der Waals surface area (Å²) in [7, 11) is 9.71. The SMILES string of the molecule is C=C/C(=C1/C=Cc2c(-c3ccccc3)ccnc2C1=[N-])c1ccccc1.[Cl][Ru+2][Cl].[NH-]/C=C\C(=C1\C=Cc2c(-c3ccccc3)ccnc2C1)c1ccccc1. The number of aromatic nitrogens is 2. The molecule has 0 bridgehead atoms. The Labute approximate surface area is 339 Å². The molecule has 7 heteroatoms. The number of hydrogen-bond acceptors (Lipinski definition) is 2. The number of halogens is 2. The average molecular weight is 841 g/mol. The molecule has 2 aromatic heterocycles. The molecule has 0 radical (unpaired) electrons. The van der Waals surface area contributed by atoms with Crippen molar-refractivity contribution in [3.05, 3.63) is 239 Å². The number of rotatable bonds is 6. The quantitative estimate of drug-likeness (QED) is 0.157. The molecule has 270 valence electrons.